The molecule has 1 aliphatic rings. The van der Waals surface area contributed by atoms with Crippen LogP contribution in [0.5, 0.6) is 0 Å². The summed E-state index contributed by atoms with van der Waals surface area (Å²) in [7, 11) is 0. The zero-order valence-corrected chi connectivity index (χ0v) is 10.2. The van der Waals surface area contributed by atoms with Gasteiger partial charge in [-0.15, -0.1) is 0 Å². The molecule has 1 fully saturated rings. The number of carboxylic acids is 1. The Hall–Kier alpha value is -0.780. The first-order chi connectivity index (χ1) is 7.73. The molecule has 0 aromatic carbocycles. The summed E-state index contributed by atoms with van der Waals surface area (Å²) < 4.78 is 31.7. The van der Waals surface area contributed by atoms with E-state index in [1.54, 1.807) is 0 Å². The van der Waals surface area contributed by atoms with Crippen molar-refractivity contribution < 1.29 is 23.1 Å². The Morgan fingerprint density at radius 1 is 1.24 bits per heavy atom. The Bertz CT molecular complexity index is 223. The van der Waals surface area contributed by atoms with Crippen LogP contribution >= 0.6 is 0 Å². The van der Waals surface area contributed by atoms with Crippen molar-refractivity contribution >= 4 is 5.97 Å². The largest absolute Gasteiger partial charge is 0.490 e. The van der Waals surface area contributed by atoms with Crippen molar-refractivity contribution in [2.45, 2.75) is 64.2 Å². The first-order valence-electron chi connectivity index (χ1n) is 5.79. The first-order valence-corrected chi connectivity index (χ1v) is 5.79. The monoisotopic (exact) mass is 255 g/mol. The molecule has 0 amide bonds. The summed E-state index contributed by atoms with van der Waals surface area (Å²) >= 11 is 0. The molecule has 0 aromatic rings. The van der Waals surface area contributed by atoms with Crippen molar-refractivity contribution in [3.8, 4) is 0 Å². The van der Waals surface area contributed by atoms with Crippen LogP contribution in [0.15, 0.2) is 0 Å². The van der Waals surface area contributed by atoms with Gasteiger partial charge in [0.05, 0.1) is 0 Å². The quantitative estimate of drug-likeness (QED) is 0.797. The number of rotatable bonds is 2. The van der Waals surface area contributed by atoms with Crippen molar-refractivity contribution in [1.82, 2.24) is 5.32 Å². The molecule has 0 spiro atoms. The van der Waals surface area contributed by atoms with E-state index in [4.69, 9.17) is 9.90 Å². The summed E-state index contributed by atoms with van der Waals surface area (Å²) in [6, 6.07) is 1.50. The fourth-order valence-electron chi connectivity index (χ4n) is 1.74. The number of hydrogen-bond acceptors (Lipinski definition) is 2. The fourth-order valence-corrected chi connectivity index (χ4v) is 1.74. The van der Waals surface area contributed by atoms with Crippen molar-refractivity contribution in [3.05, 3.63) is 0 Å². The van der Waals surface area contributed by atoms with Crippen LogP contribution in [-0.2, 0) is 4.79 Å². The number of aliphatic carboxylic acids is 1. The number of alkyl halides is 3. The molecule has 1 rings (SSSR count). The minimum atomic E-state index is -5.08. The normalized spacial score (nSPS) is 17.5. The fraction of sp³-hybridized carbons (Fsp3) is 0.909. The van der Waals surface area contributed by atoms with E-state index in [9.17, 15) is 13.2 Å². The van der Waals surface area contributed by atoms with Gasteiger partial charge in [0.2, 0.25) is 0 Å². The molecule has 102 valence electrons. The smallest absolute Gasteiger partial charge is 0.475 e. The van der Waals surface area contributed by atoms with Gasteiger partial charge in [-0.25, -0.2) is 4.79 Å². The van der Waals surface area contributed by atoms with E-state index in [1.165, 1.54) is 32.1 Å². The minimum absolute atomic E-state index is 0.670. The number of hydrogen-bond donors (Lipinski definition) is 2. The van der Waals surface area contributed by atoms with Crippen LogP contribution < -0.4 is 5.32 Å². The van der Waals surface area contributed by atoms with Crippen molar-refractivity contribution in [3.63, 3.8) is 0 Å². The molecule has 0 unspecified atom stereocenters. The highest BCUT2D eigenvalue weighted by Crippen LogP contribution is 2.17. The van der Waals surface area contributed by atoms with Gasteiger partial charge in [0.15, 0.2) is 0 Å². The molecule has 3 nitrogen and oxygen atoms in total. The highest BCUT2D eigenvalue weighted by Gasteiger charge is 2.38. The number of carboxylic acid groups (broad SMARTS) is 1. The lowest BCUT2D eigenvalue weighted by Gasteiger charge is -2.24. The predicted octanol–water partition coefficient (Wildman–Crippen LogP) is 2.95. The Kier molecular flexibility index (Phi) is 7.18. The molecular weight excluding hydrogens is 235 g/mol. The third kappa shape index (κ3) is 8.97. The van der Waals surface area contributed by atoms with Crippen LogP contribution in [0.1, 0.15) is 46.0 Å². The summed E-state index contributed by atoms with van der Waals surface area (Å²) in [5.74, 6) is -2.76. The molecule has 0 saturated heterocycles. The van der Waals surface area contributed by atoms with Crippen LogP contribution in [0.3, 0.4) is 0 Å². The lowest BCUT2D eigenvalue weighted by molar-refractivity contribution is -0.192. The number of carbonyl (C=O) groups is 1. The molecule has 0 bridgehead atoms. The maximum atomic E-state index is 10.6. The van der Waals surface area contributed by atoms with E-state index in [-0.39, 0.29) is 0 Å². The highest BCUT2D eigenvalue weighted by atomic mass is 19.4. The summed E-state index contributed by atoms with van der Waals surface area (Å²) in [6.45, 7) is 4.46. The van der Waals surface area contributed by atoms with Gasteiger partial charge in [0.25, 0.3) is 0 Å². The summed E-state index contributed by atoms with van der Waals surface area (Å²) in [4.78, 5) is 8.90. The molecule has 6 heteroatoms. The van der Waals surface area contributed by atoms with E-state index >= 15 is 0 Å². The molecule has 17 heavy (non-hydrogen) atoms. The molecule has 0 radical (unpaired) electrons. The number of nitrogens with one attached hydrogen (secondary N) is 1. The maximum absolute atomic E-state index is 10.6. The second-order valence-corrected chi connectivity index (χ2v) is 4.46. The van der Waals surface area contributed by atoms with Gasteiger partial charge in [-0.1, -0.05) is 33.1 Å². The molecule has 2 N–H and O–H groups in total. The van der Waals surface area contributed by atoms with Gasteiger partial charge in [-0.05, 0) is 12.8 Å². The third-order valence-corrected chi connectivity index (χ3v) is 2.42. The molecule has 1 aliphatic carbocycles. The van der Waals surface area contributed by atoms with Crippen LogP contribution in [-0.4, -0.2) is 29.3 Å². The van der Waals surface area contributed by atoms with Crippen LogP contribution in [0.2, 0.25) is 0 Å². The molecule has 0 heterocycles. The van der Waals surface area contributed by atoms with E-state index in [2.05, 4.69) is 19.2 Å². The molecule has 0 aliphatic heterocycles. The van der Waals surface area contributed by atoms with E-state index in [0.29, 0.717) is 6.04 Å². The van der Waals surface area contributed by atoms with E-state index < -0.39 is 12.1 Å². The third-order valence-electron chi connectivity index (χ3n) is 2.42. The maximum Gasteiger partial charge on any atom is 0.490 e. The second kappa shape index (κ2) is 7.53. The topological polar surface area (TPSA) is 49.3 Å². The van der Waals surface area contributed by atoms with Gasteiger partial charge < -0.3 is 10.4 Å². The molecule has 1 saturated carbocycles. The molecular formula is C11H20F3NO2. The Morgan fingerprint density at radius 2 is 1.65 bits per heavy atom. The van der Waals surface area contributed by atoms with Crippen molar-refractivity contribution in [2.24, 2.45) is 0 Å². The van der Waals surface area contributed by atoms with Gasteiger partial charge in [-0.2, -0.15) is 13.2 Å². The Balaban J connectivity index is 0.000000325. The number of halogens is 3. The zero-order valence-electron chi connectivity index (χ0n) is 10.2. The standard InChI is InChI=1S/C9H19N.C2HF3O2/c1-8(2)10-9-6-4-3-5-7-9;3-2(4,5)1(6)7/h8-10H,3-7H2,1-2H3;(H,6,7). The van der Waals surface area contributed by atoms with Crippen molar-refractivity contribution in [1.29, 1.82) is 0 Å². The lowest BCUT2D eigenvalue weighted by atomic mass is 9.95. The lowest BCUT2D eigenvalue weighted by Crippen LogP contribution is -2.35. The van der Waals surface area contributed by atoms with Crippen molar-refractivity contribution in [2.75, 3.05) is 0 Å². The van der Waals surface area contributed by atoms with E-state index in [0.717, 1.165) is 6.04 Å². The second-order valence-electron chi connectivity index (χ2n) is 4.46. The van der Waals surface area contributed by atoms with Gasteiger partial charge in [0, 0.05) is 12.1 Å². The van der Waals surface area contributed by atoms with Crippen LogP contribution in [0, 0.1) is 0 Å². The molecule has 0 aromatic heterocycles. The summed E-state index contributed by atoms with van der Waals surface area (Å²) in [6.07, 6.45) is 2.04. The van der Waals surface area contributed by atoms with Crippen LogP contribution in [0.4, 0.5) is 13.2 Å². The zero-order chi connectivity index (χ0) is 13.5. The van der Waals surface area contributed by atoms with E-state index in [1.807, 2.05) is 0 Å². The highest BCUT2D eigenvalue weighted by molar-refractivity contribution is 5.73. The predicted molar refractivity (Wildman–Crippen MR) is 58.8 cm³/mol. The summed E-state index contributed by atoms with van der Waals surface area (Å²) in [5, 5.41) is 10.7. The Labute approximate surface area is 99.4 Å². The van der Waals surface area contributed by atoms with Crippen LogP contribution in [0.25, 0.3) is 0 Å². The van der Waals surface area contributed by atoms with Gasteiger partial charge in [0.1, 0.15) is 0 Å². The summed E-state index contributed by atoms with van der Waals surface area (Å²) in [5.41, 5.74) is 0. The Morgan fingerprint density at radius 3 is 1.94 bits per heavy atom. The van der Waals surface area contributed by atoms with Gasteiger partial charge in [-0.3, -0.25) is 0 Å². The van der Waals surface area contributed by atoms with Gasteiger partial charge >= 0.3 is 12.1 Å². The molecule has 0 atom stereocenters. The average molecular weight is 255 g/mol. The SMILES string of the molecule is CC(C)NC1CCCCC1.O=C(O)C(F)(F)F. The first kappa shape index (κ1) is 16.2. The minimum Gasteiger partial charge on any atom is -0.475 e. The average Bonchev–Trinajstić information content (AvgIpc) is 2.17.